The molecule has 1 atom stereocenters. The highest BCUT2D eigenvalue weighted by atomic mass is 35.5. The van der Waals surface area contributed by atoms with Crippen molar-refractivity contribution in [3.05, 3.63) is 34.9 Å². The first kappa shape index (κ1) is 19.2. The molecule has 0 aromatic heterocycles. The smallest absolute Gasteiger partial charge is 0.221 e. The normalized spacial score (nSPS) is 18.0. The van der Waals surface area contributed by atoms with Crippen LogP contribution in [0.25, 0.3) is 0 Å². The fourth-order valence-electron chi connectivity index (χ4n) is 2.50. The summed E-state index contributed by atoms with van der Waals surface area (Å²) in [6.07, 6.45) is 3.31. The van der Waals surface area contributed by atoms with Gasteiger partial charge in [-0.25, -0.2) is 8.42 Å². The van der Waals surface area contributed by atoms with Gasteiger partial charge in [0, 0.05) is 37.7 Å². The molecule has 1 aromatic rings. The van der Waals surface area contributed by atoms with Gasteiger partial charge in [-0.3, -0.25) is 4.79 Å². The van der Waals surface area contributed by atoms with E-state index >= 15 is 0 Å². The zero-order valence-electron chi connectivity index (χ0n) is 13.7. The largest absolute Gasteiger partial charge is 0.376 e. The number of carbonyl (C=O) groups excluding carboxylic acids is 1. The summed E-state index contributed by atoms with van der Waals surface area (Å²) >= 11 is 5.83. The van der Waals surface area contributed by atoms with E-state index in [1.807, 2.05) is 0 Å². The van der Waals surface area contributed by atoms with Crippen LogP contribution in [0.15, 0.2) is 24.3 Å². The second-order valence-corrected chi connectivity index (χ2v) is 8.33. The lowest BCUT2D eigenvalue weighted by molar-refractivity contribution is -0.121. The van der Waals surface area contributed by atoms with Crippen molar-refractivity contribution in [1.29, 1.82) is 0 Å². The summed E-state index contributed by atoms with van der Waals surface area (Å²) in [6.45, 7) is 1.58. The Kier molecular flexibility index (Phi) is 7.03. The summed E-state index contributed by atoms with van der Waals surface area (Å²) < 4.78 is 30.6. The number of rotatable bonds is 8. The summed E-state index contributed by atoms with van der Waals surface area (Å²) in [5.74, 6) is -0.171. The third kappa shape index (κ3) is 6.39. The molecule has 1 N–H and O–H groups in total. The monoisotopic (exact) mass is 374 g/mol. The van der Waals surface area contributed by atoms with Gasteiger partial charge in [-0.2, -0.15) is 4.31 Å². The quantitative estimate of drug-likeness (QED) is 0.752. The number of sulfonamides is 1. The molecule has 1 unspecified atom stereocenters. The van der Waals surface area contributed by atoms with Crippen LogP contribution in [-0.2, 0) is 26.1 Å². The number of benzene rings is 1. The second kappa shape index (κ2) is 8.80. The molecule has 1 heterocycles. The van der Waals surface area contributed by atoms with Crippen molar-refractivity contribution in [1.82, 2.24) is 9.62 Å². The Morgan fingerprint density at radius 3 is 2.67 bits per heavy atom. The molecule has 0 saturated carbocycles. The van der Waals surface area contributed by atoms with E-state index in [4.69, 9.17) is 16.3 Å². The van der Waals surface area contributed by atoms with E-state index in [0.29, 0.717) is 11.6 Å². The number of nitrogens with one attached hydrogen (secondary N) is 1. The van der Waals surface area contributed by atoms with E-state index in [0.717, 1.165) is 31.3 Å². The molecule has 6 nitrogen and oxygen atoms in total. The molecule has 1 aliphatic heterocycles. The molecule has 8 heteroatoms. The molecule has 0 bridgehead atoms. The number of carbonyl (C=O) groups is 1. The highest BCUT2D eigenvalue weighted by Crippen LogP contribution is 2.14. The molecule has 0 radical (unpaired) electrons. The molecule has 1 fully saturated rings. The van der Waals surface area contributed by atoms with Crippen molar-refractivity contribution in [2.24, 2.45) is 0 Å². The van der Waals surface area contributed by atoms with Crippen LogP contribution in [0.4, 0.5) is 0 Å². The van der Waals surface area contributed by atoms with Crippen molar-refractivity contribution in [3.63, 3.8) is 0 Å². The van der Waals surface area contributed by atoms with Gasteiger partial charge in [0.2, 0.25) is 15.9 Å². The van der Waals surface area contributed by atoms with Gasteiger partial charge in [0.25, 0.3) is 0 Å². The van der Waals surface area contributed by atoms with E-state index < -0.39 is 10.0 Å². The van der Waals surface area contributed by atoms with Crippen molar-refractivity contribution in [2.45, 2.75) is 31.9 Å². The summed E-state index contributed by atoms with van der Waals surface area (Å²) in [4.78, 5) is 11.9. The van der Waals surface area contributed by atoms with Crippen LogP contribution in [0.2, 0.25) is 5.02 Å². The zero-order valence-corrected chi connectivity index (χ0v) is 15.3. The summed E-state index contributed by atoms with van der Waals surface area (Å²) in [5.41, 5.74) is 0.824. The van der Waals surface area contributed by atoms with Gasteiger partial charge in [0.05, 0.1) is 12.4 Å². The minimum absolute atomic E-state index is 0.0778. The predicted octanol–water partition coefficient (Wildman–Crippen LogP) is 1.79. The highest BCUT2D eigenvalue weighted by Gasteiger charge is 2.20. The van der Waals surface area contributed by atoms with Gasteiger partial charge in [-0.15, -0.1) is 0 Å². The van der Waals surface area contributed by atoms with E-state index in [1.54, 1.807) is 24.3 Å². The Labute approximate surface area is 148 Å². The average Bonchev–Trinajstić information content (AvgIpc) is 3.03. The first-order valence-electron chi connectivity index (χ1n) is 7.92. The third-order valence-electron chi connectivity index (χ3n) is 3.88. The van der Waals surface area contributed by atoms with Crippen LogP contribution in [0.1, 0.15) is 24.8 Å². The average molecular weight is 375 g/mol. The number of nitrogens with zero attached hydrogens (tertiary/aromatic N) is 1. The van der Waals surface area contributed by atoms with Gasteiger partial charge in [0.1, 0.15) is 0 Å². The first-order valence-corrected chi connectivity index (χ1v) is 10.1. The van der Waals surface area contributed by atoms with Gasteiger partial charge >= 0.3 is 0 Å². The van der Waals surface area contributed by atoms with E-state index in [1.165, 1.54) is 4.31 Å². The lowest BCUT2D eigenvalue weighted by Crippen LogP contribution is -2.36. The molecule has 134 valence electrons. The van der Waals surface area contributed by atoms with Crippen LogP contribution in [0.5, 0.6) is 0 Å². The molecular formula is C16H23ClN2O4S. The number of hydrogen-bond acceptors (Lipinski definition) is 4. The molecule has 2 rings (SSSR count). The van der Waals surface area contributed by atoms with Gasteiger partial charge in [-0.1, -0.05) is 23.7 Å². The molecule has 1 aliphatic rings. The maximum absolute atomic E-state index is 11.9. The van der Waals surface area contributed by atoms with Gasteiger partial charge in [-0.05, 0) is 30.5 Å². The third-order valence-corrected chi connectivity index (χ3v) is 5.38. The maximum atomic E-state index is 11.9. The molecular weight excluding hydrogens is 352 g/mol. The van der Waals surface area contributed by atoms with E-state index in [2.05, 4.69) is 5.32 Å². The Hall–Kier alpha value is -1.15. The Balaban J connectivity index is 1.84. The maximum Gasteiger partial charge on any atom is 0.221 e. The van der Waals surface area contributed by atoms with Crippen LogP contribution >= 0.6 is 11.6 Å². The molecule has 0 aliphatic carbocycles. The molecule has 1 saturated heterocycles. The van der Waals surface area contributed by atoms with E-state index in [9.17, 15) is 13.2 Å². The number of ether oxygens (including phenoxy) is 1. The Morgan fingerprint density at radius 1 is 1.38 bits per heavy atom. The van der Waals surface area contributed by atoms with Gasteiger partial charge < -0.3 is 10.1 Å². The van der Waals surface area contributed by atoms with Crippen molar-refractivity contribution in [3.8, 4) is 0 Å². The minimum atomic E-state index is -3.40. The Morgan fingerprint density at radius 2 is 2.08 bits per heavy atom. The van der Waals surface area contributed by atoms with Crippen molar-refractivity contribution >= 4 is 27.5 Å². The summed E-state index contributed by atoms with van der Waals surface area (Å²) in [6, 6.07) is 6.98. The number of halogens is 1. The Bertz CT molecular complexity index is 643. The van der Waals surface area contributed by atoms with Crippen LogP contribution in [0.3, 0.4) is 0 Å². The minimum Gasteiger partial charge on any atom is -0.376 e. The fraction of sp³-hybridized carbons (Fsp3) is 0.562. The fourth-order valence-corrected chi connectivity index (χ4v) is 3.44. The van der Waals surface area contributed by atoms with Crippen molar-refractivity contribution in [2.75, 3.05) is 26.0 Å². The topological polar surface area (TPSA) is 75.7 Å². The van der Waals surface area contributed by atoms with E-state index in [-0.39, 0.29) is 31.5 Å². The van der Waals surface area contributed by atoms with Crippen LogP contribution < -0.4 is 5.32 Å². The molecule has 1 aromatic carbocycles. The van der Waals surface area contributed by atoms with Crippen LogP contribution in [-0.4, -0.2) is 50.7 Å². The lowest BCUT2D eigenvalue weighted by atomic mass is 10.2. The lowest BCUT2D eigenvalue weighted by Gasteiger charge is -2.20. The summed E-state index contributed by atoms with van der Waals surface area (Å²) in [7, 11) is -3.40. The van der Waals surface area contributed by atoms with Gasteiger partial charge in [0.15, 0.2) is 0 Å². The summed E-state index contributed by atoms with van der Waals surface area (Å²) in [5, 5.41) is 3.40. The standard InChI is InChI=1S/C16H23ClN2O4S/c1-24(21,22)19(12-13-4-6-14(17)7-5-13)9-8-16(20)18-11-15-3-2-10-23-15/h4-7,15H,2-3,8-12H2,1H3,(H,18,20). The number of hydrogen-bond donors (Lipinski definition) is 1. The van der Waals surface area contributed by atoms with Crippen molar-refractivity contribution < 1.29 is 17.9 Å². The van der Waals surface area contributed by atoms with Crippen LogP contribution in [0, 0.1) is 0 Å². The zero-order chi connectivity index (χ0) is 17.6. The molecule has 1 amide bonds. The number of amides is 1. The molecule has 24 heavy (non-hydrogen) atoms. The molecule has 0 spiro atoms. The second-order valence-electron chi connectivity index (χ2n) is 5.91. The SMILES string of the molecule is CS(=O)(=O)N(CCC(=O)NCC1CCCO1)Cc1ccc(Cl)cc1. The first-order chi connectivity index (χ1) is 11.3. The predicted molar refractivity (Wildman–Crippen MR) is 93.3 cm³/mol. The highest BCUT2D eigenvalue weighted by molar-refractivity contribution is 7.88.